The molecule has 0 saturated heterocycles. The van der Waals surface area contributed by atoms with Gasteiger partial charge in [0.25, 0.3) is 0 Å². The van der Waals surface area contributed by atoms with Crippen LogP contribution in [0.3, 0.4) is 0 Å². The Labute approximate surface area is 154 Å². The average Bonchev–Trinajstić information content (AvgIpc) is 1.88. The zero-order chi connectivity index (χ0) is 19.4. The van der Waals surface area contributed by atoms with Crippen LogP contribution in [0.15, 0.2) is 0 Å². The van der Waals surface area contributed by atoms with Crippen molar-refractivity contribution in [1.82, 2.24) is 0 Å². The summed E-state index contributed by atoms with van der Waals surface area (Å²) < 4.78 is 3.48. The molecule has 0 heterocycles. The van der Waals surface area contributed by atoms with E-state index in [-0.39, 0.29) is 0 Å². The van der Waals surface area contributed by atoms with Gasteiger partial charge in [-0.1, -0.05) is 0 Å². The molecular formula is C17H39O3SW. The first-order valence-corrected chi connectivity index (χ1v) is 9.57. The third kappa shape index (κ3) is 364. The zero-order valence-corrected chi connectivity index (χ0v) is 20.4. The summed E-state index contributed by atoms with van der Waals surface area (Å²) in [4.78, 5) is 0. The van der Waals surface area contributed by atoms with Crippen molar-refractivity contribution in [3.05, 3.63) is 0 Å². The Bertz CT molecular complexity index is 237. The summed E-state index contributed by atoms with van der Waals surface area (Å²) in [6, 6.07) is 0. The predicted octanol–water partition coefficient (Wildman–Crippen LogP) is 4.31. The molecule has 5 heteroatoms. The first kappa shape index (κ1) is 30.6. The molecule has 0 amide bonds. The molecule has 0 aliphatic carbocycles. The fourth-order valence-corrected chi connectivity index (χ4v) is 3.07. The number of thioether (sulfide) groups is 1. The van der Waals surface area contributed by atoms with Crippen molar-refractivity contribution in [3.63, 3.8) is 0 Å². The topological polar surface area (TPSA) is 60.7 Å². The van der Waals surface area contributed by atoms with Gasteiger partial charge in [-0.3, -0.25) is 0 Å². The molecule has 0 atom stereocenters. The van der Waals surface area contributed by atoms with Gasteiger partial charge in [0, 0.05) is 0 Å². The van der Waals surface area contributed by atoms with Crippen LogP contribution in [0.2, 0.25) is 0 Å². The Kier molecular flexibility index (Phi) is 18.1. The molecule has 22 heavy (non-hydrogen) atoms. The summed E-state index contributed by atoms with van der Waals surface area (Å²) >= 11 is 3.20. The fourth-order valence-electron chi connectivity index (χ4n) is 0.125. The van der Waals surface area contributed by atoms with Crippen LogP contribution in [0.25, 0.3) is 0 Å². The molecule has 0 saturated carbocycles. The van der Waals surface area contributed by atoms with Gasteiger partial charge < -0.3 is 15.3 Å². The second-order valence-corrected chi connectivity index (χ2v) is 12.2. The van der Waals surface area contributed by atoms with Crippen molar-refractivity contribution < 1.29 is 34.5 Å². The minimum atomic E-state index is -0.500. The van der Waals surface area contributed by atoms with Gasteiger partial charge in [0.1, 0.15) is 0 Å². The van der Waals surface area contributed by atoms with Gasteiger partial charge >= 0.3 is 60.0 Å². The van der Waals surface area contributed by atoms with Crippen molar-refractivity contribution in [2.45, 2.75) is 105 Å². The summed E-state index contributed by atoms with van der Waals surface area (Å²) in [7, 11) is 0. The van der Waals surface area contributed by atoms with Crippen LogP contribution in [0, 0.1) is 3.53 Å². The Hall–Kier alpha value is 0.698. The van der Waals surface area contributed by atoms with Crippen LogP contribution in [0.1, 0.15) is 83.1 Å². The molecule has 0 rings (SSSR count). The molecule has 3 N–H and O–H groups in total. The van der Waals surface area contributed by atoms with E-state index in [1.54, 1.807) is 74.1 Å². The second-order valence-electron chi connectivity index (χ2n) is 8.81. The maximum atomic E-state index is 8.52. The van der Waals surface area contributed by atoms with Gasteiger partial charge in [0.2, 0.25) is 0 Å². The van der Waals surface area contributed by atoms with Crippen molar-refractivity contribution >= 4 is 11.8 Å². The predicted molar refractivity (Wildman–Crippen MR) is 97.1 cm³/mol. The van der Waals surface area contributed by atoms with Gasteiger partial charge in [-0.05, 0) is 62.3 Å². The average molecular weight is 507 g/mol. The normalized spacial score (nSPS) is 11.5. The molecular weight excluding hydrogens is 468 g/mol. The number of hydrogen-bond donors (Lipinski definition) is 3. The third-order valence-electron chi connectivity index (χ3n) is 0.348. The first-order chi connectivity index (χ1) is 9.06. The van der Waals surface area contributed by atoms with E-state index in [0.717, 1.165) is 0 Å². The van der Waals surface area contributed by atoms with E-state index in [4.69, 9.17) is 15.3 Å². The summed E-state index contributed by atoms with van der Waals surface area (Å²) in [6.07, 6.45) is 0. The SMILES string of the molecule is CC(C)(C)O.CC(C)(C)O.CC(C)(C)O.CC(C)(C)S[C]#[W]. The van der Waals surface area contributed by atoms with Gasteiger partial charge in [0.05, 0.1) is 16.8 Å². The Morgan fingerprint density at radius 2 is 0.727 bits per heavy atom. The molecule has 0 aliphatic heterocycles. The van der Waals surface area contributed by atoms with Crippen LogP contribution >= 0.6 is 11.8 Å². The van der Waals surface area contributed by atoms with E-state index in [0.29, 0.717) is 4.75 Å². The quantitative estimate of drug-likeness (QED) is 0.458. The van der Waals surface area contributed by atoms with Crippen molar-refractivity contribution in [3.8, 4) is 3.53 Å². The van der Waals surface area contributed by atoms with Crippen molar-refractivity contribution in [2.75, 3.05) is 0 Å². The molecule has 0 aromatic carbocycles. The molecule has 3 nitrogen and oxygen atoms in total. The van der Waals surface area contributed by atoms with E-state index in [1.807, 2.05) is 0 Å². The van der Waals surface area contributed by atoms with Crippen molar-refractivity contribution in [2.24, 2.45) is 0 Å². The molecule has 0 fully saturated rings. The maximum absolute atomic E-state index is 8.52. The molecule has 0 radical (unpaired) electrons. The Morgan fingerprint density at radius 1 is 0.591 bits per heavy atom. The minimum absolute atomic E-state index is 0.377. The standard InChI is InChI=1S/C5H9S.3C4H10O.W/c1-5(2,3)6-4;3*1-4(2,3)5;/h1-3H3;3*5H,1-3H3;. The Balaban J connectivity index is -0.0000000995. The van der Waals surface area contributed by atoms with Gasteiger partial charge in [0.15, 0.2) is 0 Å². The van der Waals surface area contributed by atoms with E-state index < -0.39 is 16.8 Å². The summed E-state index contributed by atoms with van der Waals surface area (Å²) in [5.74, 6) is 0. The number of hydrogen-bond acceptors (Lipinski definition) is 4. The van der Waals surface area contributed by atoms with E-state index in [1.165, 1.54) is 19.2 Å². The van der Waals surface area contributed by atoms with Crippen molar-refractivity contribution in [1.29, 1.82) is 0 Å². The van der Waals surface area contributed by atoms with Gasteiger partial charge in [-0.25, -0.2) is 0 Å². The van der Waals surface area contributed by atoms with Crippen LogP contribution in [0.5, 0.6) is 0 Å². The van der Waals surface area contributed by atoms with Crippen LogP contribution < -0.4 is 0 Å². The Morgan fingerprint density at radius 3 is 0.727 bits per heavy atom. The molecule has 0 spiro atoms. The summed E-state index contributed by atoms with van der Waals surface area (Å²) in [5.41, 5.74) is -1.50. The zero-order valence-electron chi connectivity index (χ0n) is 16.7. The second kappa shape index (κ2) is 13.0. The summed E-state index contributed by atoms with van der Waals surface area (Å²) in [5, 5.41) is 25.6. The van der Waals surface area contributed by atoms with Gasteiger partial charge in [-0.15, -0.1) is 0 Å². The number of aliphatic hydroxyl groups is 3. The van der Waals surface area contributed by atoms with Gasteiger partial charge in [-0.2, -0.15) is 0 Å². The monoisotopic (exact) mass is 507 g/mol. The molecule has 0 aromatic rings. The van der Waals surface area contributed by atoms with E-state index in [2.05, 4.69) is 24.3 Å². The fraction of sp³-hybridized carbons (Fsp3) is 0.941. The first-order valence-electron chi connectivity index (χ1n) is 7.28. The molecule has 0 unspecified atom stereocenters. The van der Waals surface area contributed by atoms with E-state index >= 15 is 0 Å². The number of rotatable bonds is 0. The molecule has 0 bridgehead atoms. The molecule has 137 valence electrons. The van der Waals surface area contributed by atoms with Crippen LogP contribution in [-0.4, -0.2) is 36.9 Å². The third-order valence-corrected chi connectivity index (χ3v) is 1.94. The summed E-state index contributed by atoms with van der Waals surface area (Å²) in [6.45, 7) is 22.3. The molecule has 0 aliphatic rings. The van der Waals surface area contributed by atoms with Crippen LogP contribution in [0.4, 0.5) is 0 Å². The molecule has 0 aromatic heterocycles. The van der Waals surface area contributed by atoms with E-state index in [9.17, 15) is 0 Å². The van der Waals surface area contributed by atoms with Crippen LogP contribution in [-0.2, 0) is 19.2 Å².